The highest BCUT2D eigenvalue weighted by Crippen LogP contribution is 2.27. The Morgan fingerprint density at radius 2 is 1.83 bits per heavy atom. The number of aromatic nitrogens is 1. The number of carbonyl (C=O) groups is 1. The van der Waals surface area contributed by atoms with Gasteiger partial charge in [-0.05, 0) is 56.3 Å². The summed E-state index contributed by atoms with van der Waals surface area (Å²) in [5, 5.41) is 1.04. The van der Waals surface area contributed by atoms with Gasteiger partial charge in [0, 0.05) is 18.1 Å². The van der Waals surface area contributed by atoms with Crippen LogP contribution in [0.1, 0.15) is 15.9 Å². The number of hydrogen-bond acceptors (Lipinski definition) is 4. The lowest BCUT2D eigenvalue weighted by Gasteiger charge is -2.12. The van der Waals surface area contributed by atoms with E-state index in [4.69, 9.17) is 10.5 Å². The van der Waals surface area contributed by atoms with Crippen molar-refractivity contribution in [3.05, 3.63) is 65.9 Å². The van der Waals surface area contributed by atoms with Crippen LogP contribution in [0.15, 0.2) is 54.7 Å². The number of halogens is 2. The number of hydrogen-bond donors (Lipinski definition) is 1. The van der Waals surface area contributed by atoms with Crippen LogP contribution >= 0.6 is 24.8 Å². The van der Waals surface area contributed by atoms with Crippen LogP contribution in [0.3, 0.4) is 0 Å². The molecule has 0 saturated heterocycles. The third-order valence-electron chi connectivity index (χ3n) is 4.78. The Kier molecular flexibility index (Phi) is 9.66. The minimum absolute atomic E-state index is 0. The number of rotatable bonds is 7. The first kappa shape index (κ1) is 25.0. The topological polar surface area (TPSA) is 60.5 Å². The molecule has 2 N–H and O–H groups in total. The Morgan fingerprint density at radius 1 is 1.14 bits per heavy atom. The molecular formula is C22H29Cl2N3O2. The highest BCUT2D eigenvalue weighted by atomic mass is 35.5. The van der Waals surface area contributed by atoms with Gasteiger partial charge in [0.1, 0.15) is 5.75 Å². The number of nitrogens with zero attached hydrogens (tertiary/aromatic N) is 2. The molecule has 0 aliphatic carbocycles. The number of likely N-dealkylation sites (N-methyl/N-ethyl adjacent to an activating group) is 1. The van der Waals surface area contributed by atoms with Gasteiger partial charge in [0.25, 0.3) is 0 Å². The predicted molar refractivity (Wildman–Crippen MR) is 124 cm³/mol. The lowest BCUT2D eigenvalue weighted by molar-refractivity contribution is 0.0884. The van der Waals surface area contributed by atoms with Crippen LogP contribution in [-0.4, -0.2) is 49.2 Å². The van der Waals surface area contributed by atoms with E-state index in [1.54, 1.807) is 11.7 Å². The van der Waals surface area contributed by atoms with Gasteiger partial charge in [-0.15, -0.1) is 24.8 Å². The van der Waals surface area contributed by atoms with Gasteiger partial charge in [-0.3, -0.25) is 9.36 Å². The van der Waals surface area contributed by atoms with E-state index in [-0.39, 0.29) is 30.7 Å². The molecule has 158 valence electrons. The molecule has 0 radical (unpaired) electrons. The monoisotopic (exact) mass is 437 g/mol. The predicted octanol–water partition coefficient (Wildman–Crippen LogP) is 3.81. The van der Waals surface area contributed by atoms with Crippen molar-refractivity contribution in [2.45, 2.75) is 18.9 Å². The maximum absolute atomic E-state index is 13.1. The average molecular weight is 438 g/mol. The normalized spacial score (nSPS) is 11.6. The number of fused-ring (bicyclic) bond motifs is 1. The molecule has 1 heterocycles. The minimum Gasteiger partial charge on any atom is -0.497 e. The summed E-state index contributed by atoms with van der Waals surface area (Å²) in [5.41, 5.74) is 9.31. The lowest BCUT2D eigenvalue weighted by Crippen LogP contribution is -2.36. The van der Waals surface area contributed by atoms with E-state index in [2.05, 4.69) is 4.90 Å². The highest BCUT2D eigenvalue weighted by Gasteiger charge is 2.20. The van der Waals surface area contributed by atoms with Crippen LogP contribution in [0, 0.1) is 0 Å². The first-order valence-electron chi connectivity index (χ1n) is 9.16. The van der Waals surface area contributed by atoms with Crippen LogP contribution in [0.25, 0.3) is 10.9 Å². The van der Waals surface area contributed by atoms with Crippen LogP contribution in [-0.2, 0) is 12.8 Å². The Morgan fingerprint density at radius 3 is 2.45 bits per heavy atom. The van der Waals surface area contributed by atoms with Crippen molar-refractivity contribution >= 4 is 41.6 Å². The Labute approximate surface area is 184 Å². The molecule has 0 aliphatic rings. The van der Waals surface area contributed by atoms with Gasteiger partial charge in [-0.1, -0.05) is 30.3 Å². The molecule has 3 aromatic rings. The van der Waals surface area contributed by atoms with E-state index < -0.39 is 6.04 Å². The van der Waals surface area contributed by atoms with Gasteiger partial charge in [-0.2, -0.15) is 0 Å². The van der Waals surface area contributed by atoms with Gasteiger partial charge in [0.2, 0.25) is 5.91 Å². The molecule has 1 atom stereocenters. The molecule has 0 amide bonds. The fourth-order valence-corrected chi connectivity index (χ4v) is 3.26. The van der Waals surface area contributed by atoms with E-state index in [0.717, 1.165) is 40.7 Å². The van der Waals surface area contributed by atoms with Crippen molar-refractivity contribution in [2.75, 3.05) is 27.7 Å². The zero-order chi connectivity index (χ0) is 19.4. The molecule has 0 fully saturated rings. The van der Waals surface area contributed by atoms with Crippen molar-refractivity contribution in [3.8, 4) is 5.75 Å². The summed E-state index contributed by atoms with van der Waals surface area (Å²) in [6.45, 7) is 0.903. The molecule has 0 aliphatic heterocycles. The maximum atomic E-state index is 13.1. The Balaban J connectivity index is 0.00000210. The van der Waals surface area contributed by atoms with E-state index in [1.807, 2.05) is 68.8 Å². The first-order chi connectivity index (χ1) is 13.0. The van der Waals surface area contributed by atoms with E-state index in [0.29, 0.717) is 6.42 Å². The van der Waals surface area contributed by atoms with Crippen molar-refractivity contribution in [1.29, 1.82) is 0 Å². The van der Waals surface area contributed by atoms with E-state index in [9.17, 15) is 4.79 Å². The molecule has 1 aromatic heterocycles. The third kappa shape index (κ3) is 5.97. The Hall–Kier alpha value is -2.05. The number of benzene rings is 2. The summed E-state index contributed by atoms with van der Waals surface area (Å²) in [6, 6.07) is 15.1. The molecule has 0 bridgehead atoms. The van der Waals surface area contributed by atoms with Crippen LogP contribution in [0.4, 0.5) is 0 Å². The minimum atomic E-state index is -0.591. The summed E-state index contributed by atoms with van der Waals surface area (Å²) in [5.74, 6) is 0.692. The molecule has 7 heteroatoms. The second kappa shape index (κ2) is 11.2. The molecular weight excluding hydrogens is 409 g/mol. The van der Waals surface area contributed by atoms with Crippen LogP contribution in [0.2, 0.25) is 0 Å². The summed E-state index contributed by atoms with van der Waals surface area (Å²) in [7, 11) is 5.74. The number of nitrogens with two attached hydrogens (primary N) is 1. The summed E-state index contributed by atoms with van der Waals surface area (Å²) >= 11 is 0. The molecule has 0 spiro atoms. The largest absolute Gasteiger partial charge is 0.497 e. The van der Waals surface area contributed by atoms with Crippen molar-refractivity contribution in [2.24, 2.45) is 5.73 Å². The first-order valence-corrected chi connectivity index (χ1v) is 9.16. The molecule has 3 rings (SSSR count). The van der Waals surface area contributed by atoms with Gasteiger partial charge in [0.05, 0.1) is 18.7 Å². The summed E-state index contributed by atoms with van der Waals surface area (Å²) < 4.78 is 7.07. The third-order valence-corrected chi connectivity index (χ3v) is 4.78. The molecule has 0 saturated carbocycles. The van der Waals surface area contributed by atoms with E-state index >= 15 is 0 Å². The molecule has 1 unspecified atom stereocenters. The molecule has 5 nitrogen and oxygen atoms in total. The second-order valence-corrected chi connectivity index (χ2v) is 7.10. The van der Waals surface area contributed by atoms with Gasteiger partial charge < -0.3 is 15.4 Å². The lowest BCUT2D eigenvalue weighted by atomic mass is 10.1. The van der Waals surface area contributed by atoms with Crippen molar-refractivity contribution < 1.29 is 9.53 Å². The second-order valence-electron chi connectivity index (χ2n) is 7.10. The fourth-order valence-electron chi connectivity index (χ4n) is 3.26. The smallest absolute Gasteiger partial charge is 0.248 e. The molecule has 2 aromatic carbocycles. The van der Waals surface area contributed by atoms with Crippen LogP contribution in [0.5, 0.6) is 5.75 Å². The van der Waals surface area contributed by atoms with Gasteiger partial charge in [0.15, 0.2) is 0 Å². The van der Waals surface area contributed by atoms with Crippen LogP contribution < -0.4 is 10.5 Å². The summed E-state index contributed by atoms with van der Waals surface area (Å²) in [4.78, 5) is 15.2. The van der Waals surface area contributed by atoms with E-state index in [1.165, 1.54) is 0 Å². The number of carbonyl (C=O) groups excluding carboxylic acids is 1. The molecule has 29 heavy (non-hydrogen) atoms. The average Bonchev–Trinajstić information content (AvgIpc) is 3.04. The maximum Gasteiger partial charge on any atom is 0.248 e. The van der Waals surface area contributed by atoms with Crippen molar-refractivity contribution in [1.82, 2.24) is 9.47 Å². The van der Waals surface area contributed by atoms with Gasteiger partial charge >= 0.3 is 0 Å². The summed E-state index contributed by atoms with van der Waals surface area (Å²) in [6.07, 6.45) is 3.30. The standard InChI is InChI=1S/C22H27N3O2.2ClH/c1-24(2)12-11-17-15-25(21-10-9-18(27-3)14-19(17)21)22(26)20(23)13-16-7-5-4-6-8-16;;/h4-10,14-15,20H,11-13,23H2,1-3H3;2*1H. The Bertz CT molecular complexity index is 926. The SMILES string of the molecule is COc1ccc2c(c1)c(CCN(C)C)cn2C(=O)C(N)Cc1ccccc1.Cl.Cl. The zero-order valence-electron chi connectivity index (χ0n) is 17.0. The zero-order valence-corrected chi connectivity index (χ0v) is 18.6. The van der Waals surface area contributed by atoms with Crippen molar-refractivity contribution in [3.63, 3.8) is 0 Å². The van der Waals surface area contributed by atoms with Gasteiger partial charge in [-0.25, -0.2) is 0 Å². The number of methoxy groups -OCH3 is 1. The number of ether oxygens (including phenoxy) is 1. The fraction of sp³-hybridized carbons (Fsp3) is 0.318. The highest BCUT2D eigenvalue weighted by molar-refractivity contribution is 5.97. The quantitative estimate of drug-likeness (QED) is 0.610.